The van der Waals surface area contributed by atoms with E-state index in [-0.39, 0.29) is 5.75 Å². The SMILES string of the molecule is C[C@H](OC(=O)CSCc1cccs1)C(=O)Nc1ccc(Cl)cn1. The zero-order valence-electron chi connectivity index (χ0n) is 12.3. The van der Waals surface area contributed by atoms with Crippen molar-refractivity contribution in [3.05, 3.63) is 45.7 Å². The van der Waals surface area contributed by atoms with Crippen molar-refractivity contribution in [1.29, 1.82) is 0 Å². The topological polar surface area (TPSA) is 68.3 Å². The average Bonchev–Trinajstić information content (AvgIpc) is 3.02. The number of ether oxygens (including phenoxy) is 1. The molecule has 23 heavy (non-hydrogen) atoms. The van der Waals surface area contributed by atoms with Crippen LogP contribution in [-0.2, 0) is 20.1 Å². The number of thioether (sulfide) groups is 1. The molecular weight excluding hydrogens is 356 g/mol. The van der Waals surface area contributed by atoms with E-state index in [1.807, 2.05) is 17.5 Å². The number of hydrogen-bond donors (Lipinski definition) is 1. The smallest absolute Gasteiger partial charge is 0.316 e. The fourth-order valence-corrected chi connectivity index (χ4v) is 3.35. The summed E-state index contributed by atoms with van der Waals surface area (Å²) in [5, 5.41) is 5.03. The summed E-state index contributed by atoms with van der Waals surface area (Å²) in [6.07, 6.45) is 0.539. The van der Waals surface area contributed by atoms with Gasteiger partial charge in [0, 0.05) is 16.8 Å². The highest BCUT2D eigenvalue weighted by Crippen LogP contribution is 2.17. The number of rotatable bonds is 7. The highest BCUT2D eigenvalue weighted by Gasteiger charge is 2.18. The fourth-order valence-electron chi connectivity index (χ4n) is 1.59. The van der Waals surface area contributed by atoms with Crippen LogP contribution in [0.3, 0.4) is 0 Å². The van der Waals surface area contributed by atoms with Crippen LogP contribution in [0.15, 0.2) is 35.8 Å². The van der Waals surface area contributed by atoms with E-state index < -0.39 is 18.0 Å². The van der Waals surface area contributed by atoms with E-state index in [9.17, 15) is 9.59 Å². The van der Waals surface area contributed by atoms with Crippen molar-refractivity contribution in [3.8, 4) is 0 Å². The molecule has 0 spiro atoms. The molecule has 0 fully saturated rings. The lowest BCUT2D eigenvalue weighted by Crippen LogP contribution is -2.30. The zero-order valence-corrected chi connectivity index (χ0v) is 14.7. The van der Waals surface area contributed by atoms with Gasteiger partial charge in [0.1, 0.15) is 5.82 Å². The van der Waals surface area contributed by atoms with E-state index in [2.05, 4.69) is 10.3 Å². The minimum Gasteiger partial charge on any atom is -0.452 e. The maximum atomic E-state index is 11.9. The molecule has 0 aliphatic rings. The Balaban J connectivity index is 1.71. The number of halogens is 1. The summed E-state index contributed by atoms with van der Waals surface area (Å²) in [4.78, 5) is 28.8. The zero-order chi connectivity index (χ0) is 16.7. The summed E-state index contributed by atoms with van der Waals surface area (Å²) in [6.45, 7) is 1.52. The Hall–Kier alpha value is -1.57. The number of nitrogens with one attached hydrogen (secondary N) is 1. The van der Waals surface area contributed by atoms with Gasteiger partial charge in [-0.05, 0) is 30.5 Å². The third-order valence-corrected chi connectivity index (χ3v) is 4.94. The largest absolute Gasteiger partial charge is 0.452 e. The Kier molecular flexibility index (Phi) is 6.88. The average molecular weight is 371 g/mol. The number of aromatic nitrogens is 1. The molecule has 0 unspecified atom stereocenters. The molecule has 0 aromatic carbocycles. The highest BCUT2D eigenvalue weighted by atomic mass is 35.5. The molecule has 1 atom stereocenters. The van der Waals surface area contributed by atoms with Gasteiger partial charge in [-0.15, -0.1) is 23.1 Å². The maximum Gasteiger partial charge on any atom is 0.316 e. The lowest BCUT2D eigenvalue weighted by atomic mass is 10.3. The van der Waals surface area contributed by atoms with Crippen molar-refractivity contribution >= 4 is 52.4 Å². The van der Waals surface area contributed by atoms with Crippen LogP contribution in [0.4, 0.5) is 5.82 Å². The van der Waals surface area contributed by atoms with Gasteiger partial charge in [0.25, 0.3) is 5.91 Å². The van der Waals surface area contributed by atoms with Gasteiger partial charge >= 0.3 is 5.97 Å². The lowest BCUT2D eigenvalue weighted by Gasteiger charge is -2.13. The number of nitrogens with zero attached hydrogens (tertiary/aromatic N) is 1. The second-order valence-corrected chi connectivity index (χ2v) is 7.01. The third-order valence-electron chi connectivity index (χ3n) is 2.70. The molecule has 5 nitrogen and oxygen atoms in total. The molecule has 0 saturated carbocycles. The molecule has 2 heterocycles. The molecule has 0 saturated heterocycles. The van der Waals surface area contributed by atoms with E-state index >= 15 is 0 Å². The number of anilines is 1. The van der Waals surface area contributed by atoms with Crippen LogP contribution in [-0.4, -0.2) is 28.7 Å². The summed E-state index contributed by atoms with van der Waals surface area (Å²) in [7, 11) is 0. The second kappa shape index (κ2) is 8.90. The Bertz CT molecular complexity index is 647. The van der Waals surface area contributed by atoms with Gasteiger partial charge in [0.2, 0.25) is 0 Å². The Morgan fingerprint density at radius 1 is 1.43 bits per heavy atom. The maximum absolute atomic E-state index is 11.9. The van der Waals surface area contributed by atoms with Crippen LogP contribution in [0.25, 0.3) is 0 Å². The summed E-state index contributed by atoms with van der Waals surface area (Å²) >= 11 is 8.82. The lowest BCUT2D eigenvalue weighted by molar-refractivity contribution is -0.150. The Labute approximate surface area is 147 Å². The van der Waals surface area contributed by atoms with Gasteiger partial charge in [-0.3, -0.25) is 9.59 Å². The molecular formula is C15H15ClN2O3S2. The molecule has 0 radical (unpaired) electrons. The summed E-state index contributed by atoms with van der Waals surface area (Å²) in [6, 6.07) is 7.17. The van der Waals surface area contributed by atoms with Gasteiger partial charge in [-0.2, -0.15) is 0 Å². The van der Waals surface area contributed by atoms with Crippen LogP contribution in [0, 0.1) is 0 Å². The first-order valence-corrected chi connectivity index (χ1v) is 9.18. The standard InChI is InChI=1S/C15H15ClN2O3S2/c1-10(15(20)18-13-5-4-11(16)7-17-13)21-14(19)9-22-8-12-3-2-6-23-12/h2-7,10H,8-9H2,1H3,(H,17,18,20)/t10-/m0/s1. The molecule has 0 aliphatic carbocycles. The fraction of sp³-hybridized carbons (Fsp3) is 0.267. The minimum absolute atomic E-state index is 0.203. The molecule has 0 bridgehead atoms. The number of amides is 1. The van der Waals surface area contributed by atoms with Crippen molar-refractivity contribution in [3.63, 3.8) is 0 Å². The first-order chi connectivity index (χ1) is 11.0. The minimum atomic E-state index is -0.887. The normalized spacial score (nSPS) is 11.7. The van der Waals surface area contributed by atoms with Gasteiger partial charge in [0.05, 0.1) is 10.8 Å². The number of thiophene rings is 1. The van der Waals surface area contributed by atoms with Crippen molar-refractivity contribution in [2.75, 3.05) is 11.1 Å². The number of esters is 1. The Morgan fingerprint density at radius 3 is 2.91 bits per heavy atom. The first kappa shape index (κ1) is 17.8. The molecule has 1 N–H and O–H groups in total. The molecule has 2 aromatic heterocycles. The first-order valence-electron chi connectivity index (χ1n) is 6.76. The van der Waals surface area contributed by atoms with Crippen LogP contribution < -0.4 is 5.32 Å². The molecule has 2 aromatic rings. The van der Waals surface area contributed by atoms with E-state index in [4.69, 9.17) is 16.3 Å². The number of carbonyl (C=O) groups excluding carboxylic acids is 2. The van der Waals surface area contributed by atoms with Crippen LogP contribution in [0.5, 0.6) is 0 Å². The van der Waals surface area contributed by atoms with Crippen LogP contribution in [0.1, 0.15) is 11.8 Å². The quantitative estimate of drug-likeness (QED) is 0.754. The van der Waals surface area contributed by atoms with Crippen LogP contribution >= 0.6 is 34.7 Å². The number of pyridine rings is 1. The van der Waals surface area contributed by atoms with Crippen LogP contribution in [0.2, 0.25) is 5.02 Å². The number of carbonyl (C=O) groups is 2. The molecule has 0 aliphatic heterocycles. The van der Waals surface area contributed by atoms with Gasteiger partial charge < -0.3 is 10.1 Å². The summed E-state index contributed by atoms with van der Waals surface area (Å²) < 4.78 is 5.11. The van der Waals surface area contributed by atoms with E-state index in [0.29, 0.717) is 10.8 Å². The van der Waals surface area contributed by atoms with Crippen molar-refractivity contribution in [2.45, 2.75) is 18.8 Å². The third kappa shape index (κ3) is 6.21. The molecule has 8 heteroatoms. The van der Waals surface area contributed by atoms with Crippen molar-refractivity contribution < 1.29 is 14.3 Å². The number of hydrogen-bond acceptors (Lipinski definition) is 6. The predicted octanol–water partition coefficient (Wildman–Crippen LogP) is 3.60. The van der Waals surface area contributed by atoms with Gasteiger partial charge in [0.15, 0.2) is 6.10 Å². The monoisotopic (exact) mass is 370 g/mol. The summed E-state index contributed by atoms with van der Waals surface area (Å²) in [5.74, 6) is 0.459. The Morgan fingerprint density at radius 2 is 2.26 bits per heavy atom. The van der Waals surface area contributed by atoms with Crippen molar-refractivity contribution in [2.24, 2.45) is 0 Å². The van der Waals surface area contributed by atoms with E-state index in [0.717, 1.165) is 5.75 Å². The molecule has 1 amide bonds. The highest BCUT2D eigenvalue weighted by molar-refractivity contribution is 7.99. The summed E-state index contributed by atoms with van der Waals surface area (Å²) in [5.41, 5.74) is 0. The van der Waals surface area contributed by atoms with Gasteiger partial charge in [-0.25, -0.2) is 4.98 Å². The van der Waals surface area contributed by atoms with Crippen molar-refractivity contribution in [1.82, 2.24) is 4.98 Å². The van der Waals surface area contributed by atoms with E-state index in [1.54, 1.807) is 23.5 Å². The van der Waals surface area contributed by atoms with E-state index in [1.165, 1.54) is 29.8 Å². The second-order valence-electron chi connectivity index (χ2n) is 4.56. The molecule has 2 rings (SSSR count). The predicted molar refractivity (Wildman–Crippen MR) is 93.9 cm³/mol. The van der Waals surface area contributed by atoms with Gasteiger partial charge in [-0.1, -0.05) is 17.7 Å². The molecule has 122 valence electrons.